The number of aromatic nitrogens is 2. The third-order valence-electron chi connectivity index (χ3n) is 2.51. The van der Waals surface area contributed by atoms with E-state index in [4.69, 9.17) is 5.73 Å². The van der Waals surface area contributed by atoms with Crippen LogP contribution in [0.3, 0.4) is 0 Å². The van der Waals surface area contributed by atoms with Gasteiger partial charge in [0.1, 0.15) is 0 Å². The maximum atomic E-state index is 5.57. The van der Waals surface area contributed by atoms with Crippen LogP contribution in [0.2, 0.25) is 0 Å². The van der Waals surface area contributed by atoms with Crippen molar-refractivity contribution in [2.45, 2.75) is 13.5 Å². The molecular formula is C13H15N3. The van der Waals surface area contributed by atoms with Gasteiger partial charge in [0, 0.05) is 18.9 Å². The molecule has 0 amide bonds. The second-order valence-electron chi connectivity index (χ2n) is 3.53. The van der Waals surface area contributed by atoms with E-state index in [1.165, 1.54) is 0 Å². The Morgan fingerprint density at radius 3 is 2.62 bits per heavy atom. The molecule has 1 aromatic heterocycles. The van der Waals surface area contributed by atoms with Gasteiger partial charge in [-0.2, -0.15) is 5.10 Å². The molecule has 2 aromatic rings. The summed E-state index contributed by atoms with van der Waals surface area (Å²) < 4.78 is 1.86. The first-order valence-corrected chi connectivity index (χ1v) is 5.31. The molecule has 0 fully saturated rings. The van der Waals surface area contributed by atoms with E-state index in [0.717, 1.165) is 16.8 Å². The highest BCUT2D eigenvalue weighted by Gasteiger charge is 2.02. The number of rotatable bonds is 3. The summed E-state index contributed by atoms with van der Waals surface area (Å²) in [6.45, 7) is 2.58. The molecule has 0 unspecified atom stereocenters. The third-order valence-corrected chi connectivity index (χ3v) is 2.51. The molecule has 1 heterocycles. The van der Waals surface area contributed by atoms with E-state index >= 15 is 0 Å². The van der Waals surface area contributed by atoms with Crippen molar-refractivity contribution in [3.05, 3.63) is 59.9 Å². The van der Waals surface area contributed by atoms with Crippen LogP contribution in [-0.4, -0.2) is 9.78 Å². The maximum absolute atomic E-state index is 5.57. The van der Waals surface area contributed by atoms with Crippen LogP contribution in [0.1, 0.15) is 18.1 Å². The van der Waals surface area contributed by atoms with E-state index in [-0.39, 0.29) is 0 Å². The van der Waals surface area contributed by atoms with Crippen LogP contribution < -0.4 is 5.73 Å². The Balaban J connectivity index is 2.35. The Morgan fingerprint density at radius 2 is 2.12 bits per heavy atom. The highest BCUT2D eigenvalue weighted by molar-refractivity contribution is 5.64. The van der Waals surface area contributed by atoms with Gasteiger partial charge in [-0.25, -0.2) is 4.68 Å². The van der Waals surface area contributed by atoms with Gasteiger partial charge in [-0.05, 0) is 24.1 Å². The van der Waals surface area contributed by atoms with E-state index in [2.05, 4.69) is 17.2 Å². The van der Waals surface area contributed by atoms with Gasteiger partial charge in [-0.1, -0.05) is 30.3 Å². The minimum absolute atomic E-state index is 0.577. The molecule has 0 aliphatic carbocycles. The highest BCUT2D eigenvalue weighted by atomic mass is 15.3. The van der Waals surface area contributed by atoms with Gasteiger partial charge in [0.15, 0.2) is 0 Å². The maximum Gasteiger partial charge on any atom is 0.0675 e. The van der Waals surface area contributed by atoms with Gasteiger partial charge < -0.3 is 5.73 Å². The Kier molecular flexibility index (Phi) is 3.17. The van der Waals surface area contributed by atoms with Gasteiger partial charge in [-0.15, -0.1) is 0 Å². The summed E-state index contributed by atoms with van der Waals surface area (Å²) >= 11 is 0. The zero-order chi connectivity index (χ0) is 11.4. The zero-order valence-corrected chi connectivity index (χ0v) is 9.30. The average Bonchev–Trinajstić information content (AvgIpc) is 2.85. The van der Waals surface area contributed by atoms with E-state index < -0.39 is 0 Å². The minimum Gasteiger partial charge on any atom is -0.326 e. The molecular weight excluding hydrogens is 198 g/mol. The molecule has 0 radical (unpaired) electrons. The lowest BCUT2D eigenvalue weighted by atomic mass is 10.1. The number of hydrogen-bond donors (Lipinski definition) is 1. The van der Waals surface area contributed by atoms with Crippen molar-refractivity contribution in [1.29, 1.82) is 0 Å². The molecule has 3 nitrogen and oxygen atoms in total. The molecule has 2 rings (SSSR count). The molecule has 82 valence electrons. The zero-order valence-electron chi connectivity index (χ0n) is 9.30. The molecule has 0 atom stereocenters. The van der Waals surface area contributed by atoms with Crippen molar-refractivity contribution < 1.29 is 0 Å². The Labute approximate surface area is 95.2 Å². The second-order valence-corrected chi connectivity index (χ2v) is 3.53. The van der Waals surface area contributed by atoms with E-state index in [9.17, 15) is 0 Å². The van der Waals surface area contributed by atoms with Crippen molar-refractivity contribution in [3.8, 4) is 0 Å². The number of nitrogens with zero attached hydrogens (tertiary/aromatic N) is 2. The van der Waals surface area contributed by atoms with Crippen molar-refractivity contribution >= 4 is 5.70 Å². The summed E-state index contributed by atoms with van der Waals surface area (Å²) in [5.41, 5.74) is 8.93. The van der Waals surface area contributed by atoms with E-state index in [1.807, 2.05) is 42.1 Å². The summed E-state index contributed by atoms with van der Waals surface area (Å²) in [5, 5.41) is 4.23. The fraction of sp³-hybridized carbons (Fsp3) is 0.154. The number of benzene rings is 1. The number of hydrogen-bond acceptors (Lipinski definition) is 2. The average molecular weight is 213 g/mol. The molecule has 0 spiro atoms. The summed E-state index contributed by atoms with van der Waals surface area (Å²) in [6, 6.07) is 10.1. The highest BCUT2D eigenvalue weighted by Crippen LogP contribution is 2.16. The van der Waals surface area contributed by atoms with Crippen molar-refractivity contribution in [2.75, 3.05) is 0 Å². The first kappa shape index (κ1) is 10.6. The number of allylic oxidation sites excluding steroid dienone is 1. The monoisotopic (exact) mass is 213 g/mol. The smallest absolute Gasteiger partial charge is 0.0675 e. The molecule has 16 heavy (non-hydrogen) atoms. The van der Waals surface area contributed by atoms with Crippen LogP contribution in [0.15, 0.2) is 48.8 Å². The van der Waals surface area contributed by atoms with Gasteiger partial charge in [0.05, 0.1) is 5.70 Å². The largest absolute Gasteiger partial charge is 0.326 e. The molecule has 0 bridgehead atoms. The van der Waals surface area contributed by atoms with E-state index in [0.29, 0.717) is 6.54 Å². The fourth-order valence-corrected chi connectivity index (χ4v) is 1.65. The third kappa shape index (κ3) is 2.04. The van der Waals surface area contributed by atoms with Crippen LogP contribution in [0, 0.1) is 0 Å². The molecule has 1 aromatic carbocycles. The van der Waals surface area contributed by atoms with Gasteiger partial charge in [0.25, 0.3) is 0 Å². The van der Waals surface area contributed by atoms with E-state index in [1.54, 1.807) is 6.20 Å². The van der Waals surface area contributed by atoms with Gasteiger partial charge in [0.2, 0.25) is 0 Å². The standard InChI is InChI=1S/C13H15N3/c1-2-13(16-9-3-8-15-16)12-6-4-11(10-14)5-7-12/h2-9H,10,14H2,1H3/b13-2-. The Bertz CT molecular complexity index is 466. The first-order chi connectivity index (χ1) is 7.85. The van der Waals surface area contributed by atoms with Gasteiger partial charge in [-0.3, -0.25) is 0 Å². The fourth-order valence-electron chi connectivity index (χ4n) is 1.65. The topological polar surface area (TPSA) is 43.8 Å². The predicted molar refractivity (Wildman–Crippen MR) is 65.6 cm³/mol. The molecule has 0 saturated carbocycles. The van der Waals surface area contributed by atoms with Crippen LogP contribution in [-0.2, 0) is 6.54 Å². The Hall–Kier alpha value is -1.87. The van der Waals surface area contributed by atoms with Crippen molar-refractivity contribution in [3.63, 3.8) is 0 Å². The lowest BCUT2D eigenvalue weighted by molar-refractivity contribution is 0.902. The van der Waals surface area contributed by atoms with Crippen molar-refractivity contribution in [1.82, 2.24) is 9.78 Å². The predicted octanol–water partition coefficient (Wildman–Crippen LogP) is 2.25. The number of nitrogens with two attached hydrogens (primary N) is 1. The second kappa shape index (κ2) is 4.77. The molecule has 0 saturated heterocycles. The molecule has 0 aliphatic rings. The quantitative estimate of drug-likeness (QED) is 0.849. The normalized spacial score (nSPS) is 11.8. The minimum atomic E-state index is 0.577. The summed E-state index contributed by atoms with van der Waals surface area (Å²) in [5.74, 6) is 0. The summed E-state index contributed by atoms with van der Waals surface area (Å²) in [7, 11) is 0. The van der Waals surface area contributed by atoms with Crippen LogP contribution in [0.25, 0.3) is 5.70 Å². The molecule has 2 N–H and O–H groups in total. The molecule has 3 heteroatoms. The van der Waals surface area contributed by atoms with Crippen molar-refractivity contribution in [2.24, 2.45) is 5.73 Å². The summed E-state index contributed by atoms with van der Waals surface area (Å²) in [6.07, 6.45) is 5.76. The lowest BCUT2D eigenvalue weighted by Gasteiger charge is -2.08. The first-order valence-electron chi connectivity index (χ1n) is 5.31. The van der Waals surface area contributed by atoms with Crippen LogP contribution in [0.5, 0.6) is 0 Å². The SMILES string of the molecule is C/C=C(/c1ccc(CN)cc1)n1cccn1. The van der Waals surface area contributed by atoms with Crippen LogP contribution in [0.4, 0.5) is 0 Å². The molecule has 0 aliphatic heterocycles. The lowest BCUT2D eigenvalue weighted by Crippen LogP contribution is -2.00. The summed E-state index contributed by atoms with van der Waals surface area (Å²) in [4.78, 5) is 0. The van der Waals surface area contributed by atoms with Crippen LogP contribution >= 0.6 is 0 Å². The Morgan fingerprint density at radius 1 is 1.38 bits per heavy atom. The van der Waals surface area contributed by atoms with Gasteiger partial charge >= 0.3 is 0 Å².